The summed E-state index contributed by atoms with van der Waals surface area (Å²) < 4.78 is 1.79. The van der Waals surface area contributed by atoms with Crippen LogP contribution >= 0.6 is 0 Å². The van der Waals surface area contributed by atoms with Crippen LogP contribution in [-0.2, 0) is 0 Å². The predicted octanol–water partition coefficient (Wildman–Crippen LogP) is 2.61. The number of carbonyl (C=O) groups is 1. The van der Waals surface area contributed by atoms with Gasteiger partial charge in [-0.2, -0.15) is 5.10 Å². The van der Waals surface area contributed by atoms with Gasteiger partial charge in [-0.05, 0) is 38.5 Å². The third-order valence-corrected chi connectivity index (χ3v) is 2.84. The Morgan fingerprint density at radius 3 is 2.74 bits per heavy atom. The lowest BCUT2D eigenvalue weighted by atomic mass is 10.1. The first-order chi connectivity index (χ1) is 8.97. The SMILES string of the molecule is Cc1ccc(C(=O)Nc2cnn(C(C)C)c2)c(N)c1. The summed E-state index contributed by atoms with van der Waals surface area (Å²) in [6.07, 6.45) is 3.43. The van der Waals surface area contributed by atoms with Crippen molar-refractivity contribution in [3.05, 3.63) is 41.7 Å². The van der Waals surface area contributed by atoms with Crippen LogP contribution in [0.4, 0.5) is 11.4 Å². The van der Waals surface area contributed by atoms with Crippen LogP contribution in [0.2, 0.25) is 0 Å². The van der Waals surface area contributed by atoms with Crippen molar-refractivity contribution < 1.29 is 4.79 Å². The molecule has 0 fully saturated rings. The van der Waals surface area contributed by atoms with E-state index in [0.29, 0.717) is 16.9 Å². The molecule has 0 atom stereocenters. The molecule has 0 saturated heterocycles. The first kappa shape index (κ1) is 13.1. The van der Waals surface area contributed by atoms with Gasteiger partial charge in [0, 0.05) is 17.9 Å². The predicted molar refractivity (Wildman–Crippen MR) is 76.2 cm³/mol. The van der Waals surface area contributed by atoms with E-state index in [1.54, 1.807) is 29.2 Å². The molecule has 1 amide bonds. The number of benzene rings is 1. The molecule has 2 rings (SSSR count). The standard InChI is InChI=1S/C14H18N4O/c1-9(2)18-8-11(7-16-18)17-14(19)12-5-4-10(3)6-13(12)15/h4-9H,15H2,1-3H3,(H,17,19). The summed E-state index contributed by atoms with van der Waals surface area (Å²) in [7, 11) is 0. The van der Waals surface area contributed by atoms with Gasteiger partial charge in [-0.25, -0.2) is 0 Å². The van der Waals surface area contributed by atoms with E-state index in [9.17, 15) is 4.79 Å². The van der Waals surface area contributed by atoms with E-state index >= 15 is 0 Å². The van der Waals surface area contributed by atoms with Crippen LogP contribution < -0.4 is 11.1 Å². The molecule has 5 nitrogen and oxygen atoms in total. The second-order valence-corrected chi connectivity index (χ2v) is 4.85. The minimum absolute atomic E-state index is 0.221. The van der Waals surface area contributed by atoms with Gasteiger partial charge in [-0.3, -0.25) is 9.48 Å². The van der Waals surface area contributed by atoms with Gasteiger partial charge in [0.05, 0.1) is 17.4 Å². The molecule has 0 aliphatic heterocycles. The molecule has 0 spiro atoms. The molecule has 19 heavy (non-hydrogen) atoms. The Labute approximate surface area is 112 Å². The van der Waals surface area contributed by atoms with Crippen LogP contribution in [-0.4, -0.2) is 15.7 Å². The molecule has 0 aliphatic rings. The average Bonchev–Trinajstić information content (AvgIpc) is 2.77. The van der Waals surface area contributed by atoms with E-state index in [0.717, 1.165) is 5.56 Å². The Bertz CT molecular complexity index is 601. The molecule has 5 heteroatoms. The lowest BCUT2D eigenvalue weighted by Crippen LogP contribution is -2.13. The molecule has 0 aliphatic carbocycles. The van der Waals surface area contributed by atoms with Crippen molar-refractivity contribution in [2.75, 3.05) is 11.1 Å². The van der Waals surface area contributed by atoms with E-state index in [4.69, 9.17) is 5.73 Å². The van der Waals surface area contributed by atoms with Crippen LogP contribution in [0.5, 0.6) is 0 Å². The van der Waals surface area contributed by atoms with Crippen LogP contribution in [0.1, 0.15) is 35.8 Å². The highest BCUT2D eigenvalue weighted by Crippen LogP contribution is 2.16. The second kappa shape index (κ2) is 5.14. The quantitative estimate of drug-likeness (QED) is 0.831. The average molecular weight is 258 g/mol. The van der Waals surface area contributed by atoms with Gasteiger partial charge in [-0.1, -0.05) is 6.07 Å². The van der Waals surface area contributed by atoms with Gasteiger partial charge in [0.15, 0.2) is 0 Å². The molecule has 0 radical (unpaired) electrons. The van der Waals surface area contributed by atoms with Gasteiger partial charge < -0.3 is 11.1 Å². The van der Waals surface area contributed by atoms with E-state index in [1.807, 2.05) is 26.8 Å². The molecule has 1 heterocycles. The van der Waals surface area contributed by atoms with Crippen molar-refractivity contribution in [2.45, 2.75) is 26.8 Å². The number of nitrogens with zero attached hydrogens (tertiary/aromatic N) is 2. The summed E-state index contributed by atoms with van der Waals surface area (Å²) in [5.41, 5.74) is 8.50. The molecule has 1 aromatic carbocycles. The van der Waals surface area contributed by atoms with Crippen molar-refractivity contribution >= 4 is 17.3 Å². The molecular weight excluding hydrogens is 240 g/mol. The number of anilines is 2. The van der Waals surface area contributed by atoms with Gasteiger partial charge >= 0.3 is 0 Å². The lowest BCUT2D eigenvalue weighted by molar-refractivity contribution is 0.102. The monoisotopic (exact) mass is 258 g/mol. The highest BCUT2D eigenvalue weighted by atomic mass is 16.1. The Kier molecular flexibility index (Phi) is 3.55. The van der Waals surface area contributed by atoms with E-state index in [1.165, 1.54) is 0 Å². The molecule has 3 N–H and O–H groups in total. The van der Waals surface area contributed by atoms with E-state index < -0.39 is 0 Å². The number of hydrogen-bond acceptors (Lipinski definition) is 3. The molecule has 0 saturated carbocycles. The normalized spacial score (nSPS) is 10.7. The maximum absolute atomic E-state index is 12.1. The third-order valence-electron chi connectivity index (χ3n) is 2.84. The lowest BCUT2D eigenvalue weighted by Gasteiger charge is -2.07. The Hall–Kier alpha value is -2.30. The first-order valence-electron chi connectivity index (χ1n) is 6.19. The molecular formula is C14H18N4O. The number of nitrogen functional groups attached to an aromatic ring is 1. The Morgan fingerprint density at radius 1 is 1.42 bits per heavy atom. The molecule has 100 valence electrons. The summed E-state index contributed by atoms with van der Waals surface area (Å²) in [6.45, 7) is 5.98. The fraction of sp³-hybridized carbons (Fsp3) is 0.286. The Morgan fingerprint density at radius 2 is 2.16 bits per heavy atom. The minimum Gasteiger partial charge on any atom is -0.398 e. The van der Waals surface area contributed by atoms with Crippen molar-refractivity contribution in [1.82, 2.24) is 9.78 Å². The third kappa shape index (κ3) is 2.93. The number of aryl methyl sites for hydroxylation is 1. The van der Waals surface area contributed by atoms with Crippen LogP contribution in [0.3, 0.4) is 0 Å². The largest absolute Gasteiger partial charge is 0.398 e. The highest BCUT2D eigenvalue weighted by Gasteiger charge is 2.11. The molecule has 1 aromatic heterocycles. The molecule has 0 unspecified atom stereocenters. The molecule has 0 bridgehead atoms. The summed E-state index contributed by atoms with van der Waals surface area (Å²) in [5, 5.41) is 6.96. The summed E-state index contributed by atoms with van der Waals surface area (Å²) in [5.74, 6) is -0.221. The fourth-order valence-corrected chi connectivity index (χ4v) is 1.77. The van der Waals surface area contributed by atoms with Crippen LogP contribution in [0.15, 0.2) is 30.6 Å². The van der Waals surface area contributed by atoms with Gasteiger partial charge in [-0.15, -0.1) is 0 Å². The topological polar surface area (TPSA) is 72.9 Å². The second-order valence-electron chi connectivity index (χ2n) is 4.85. The van der Waals surface area contributed by atoms with Gasteiger partial charge in [0.2, 0.25) is 0 Å². The zero-order valence-corrected chi connectivity index (χ0v) is 11.3. The number of nitrogens with one attached hydrogen (secondary N) is 1. The fourth-order valence-electron chi connectivity index (χ4n) is 1.77. The highest BCUT2D eigenvalue weighted by molar-refractivity contribution is 6.07. The van der Waals surface area contributed by atoms with Gasteiger partial charge in [0.25, 0.3) is 5.91 Å². The molecule has 2 aromatic rings. The van der Waals surface area contributed by atoms with Crippen LogP contribution in [0.25, 0.3) is 0 Å². The van der Waals surface area contributed by atoms with Crippen molar-refractivity contribution in [3.63, 3.8) is 0 Å². The number of rotatable bonds is 3. The van der Waals surface area contributed by atoms with Crippen molar-refractivity contribution in [2.24, 2.45) is 0 Å². The zero-order chi connectivity index (χ0) is 14.0. The summed E-state index contributed by atoms with van der Waals surface area (Å²) in [4.78, 5) is 12.1. The zero-order valence-electron chi connectivity index (χ0n) is 11.3. The van der Waals surface area contributed by atoms with Crippen molar-refractivity contribution in [1.29, 1.82) is 0 Å². The minimum atomic E-state index is -0.221. The Balaban J connectivity index is 2.16. The summed E-state index contributed by atoms with van der Waals surface area (Å²) >= 11 is 0. The smallest absolute Gasteiger partial charge is 0.257 e. The van der Waals surface area contributed by atoms with Crippen molar-refractivity contribution in [3.8, 4) is 0 Å². The number of amides is 1. The number of carbonyl (C=O) groups excluding carboxylic acids is 1. The number of nitrogens with two attached hydrogens (primary N) is 1. The summed E-state index contributed by atoms with van der Waals surface area (Å²) in [6, 6.07) is 5.64. The first-order valence-corrected chi connectivity index (χ1v) is 6.19. The maximum Gasteiger partial charge on any atom is 0.257 e. The maximum atomic E-state index is 12.1. The number of hydrogen-bond donors (Lipinski definition) is 2. The number of aromatic nitrogens is 2. The van der Waals surface area contributed by atoms with Gasteiger partial charge in [0.1, 0.15) is 0 Å². The van der Waals surface area contributed by atoms with Crippen LogP contribution in [0, 0.1) is 6.92 Å². The van der Waals surface area contributed by atoms with E-state index in [2.05, 4.69) is 10.4 Å². The van der Waals surface area contributed by atoms with E-state index in [-0.39, 0.29) is 11.9 Å².